The van der Waals surface area contributed by atoms with E-state index in [2.05, 4.69) is 0 Å². The summed E-state index contributed by atoms with van der Waals surface area (Å²) in [6.45, 7) is 0.994. The van der Waals surface area contributed by atoms with Crippen LogP contribution in [0.15, 0.2) is 0 Å². The largest absolute Gasteiger partial charge is 0.481 e. The van der Waals surface area contributed by atoms with Gasteiger partial charge in [-0.1, -0.05) is 0 Å². The summed E-state index contributed by atoms with van der Waals surface area (Å²) in [5, 5.41) is 16.5. The van der Waals surface area contributed by atoms with Gasteiger partial charge < -0.3 is 10.2 Å². The number of carboxylic acids is 2. The van der Waals surface area contributed by atoms with Crippen molar-refractivity contribution in [2.45, 2.75) is 13.3 Å². The Hall–Kier alpha value is -1.72. The average Bonchev–Trinajstić information content (AvgIpc) is 1.97. The predicted octanol–water partition coefficient (Wildman–Crippen LogP) is -0.680. The highest BCUT2D eigenvalue weighted by Crippen LogP contribution is 2.05. The van der Waals surface area contributed by atoms with E-state index in [9.17, 15) is 19.2 Å². The van der Waals surface area contributed by atoms with Crippen LogP contribution in [0.5, 0.6) is 0 Å². The molecular weight excluding hydrogens is 180 g/mol. The Morgan fingerprint density at radius 3 is 1.85 bits per heavy atom. The molecule has 0 saturated carbocycles. The molecule has 6 heteroatoms. The SMILES string of the molecule is CC(=O)C(CC(=O)C(=O)O)C(=O)O. The van der Waals surface area contributed by atoms with Gasteiger partial charge in [0.05, 0.1) is 0 Å². The summed E-state index contributed by atoms with van der Waals surface area (Å²) in [7, 11) is 0. The second-order valence-electron chi connectivity index (χ2n) is 2.43. The molecule has 0 aliphatic carbocycles. The molecule has 0 amide bonds. The van der Waals surface area contributed by atoms with Crippen molar-refractivity contribution in [3.63, 3.8) is 0 Å². The topological polar surface area (TPSA) is 109 Å². The van der Waals surface area contributed by atoms with Crippen molar-refractivity contribution in [1.29, 1.82) is 0 Å². The number of carbonyl (C=O) groups is 4. The number of carbonyl (C=O) groups excluding carboxylic acids is 2. The van der Waals surface area contributed by atoms with E-state index in [0.29, 0.717) is 0 Å². The maximum atomic E-state index is 10.6. The summed E-state index contributed by atoms with van der Waals surface area (Å²) in [4.78, 5) is 41.5. The molecule has 0 saturated heterocycles. The van der Waals surface area contributed by atoms with Gasteiger partial charge in [0.1, 0.15) is 11.7 Å². The summed E-state index contributed by atoms with van der Waals surface area (Å²) < 4.78 is 0. The average molecular weight is 188 g/mol. The molecule has 72 valence electrons. The summed E-state index contributed by atoms with van der Waals surface area (Å²) >= 11 is 0. The smallest absolute Gasteiger partial charge is 0.372 e. The number of hydrogen-bond donors (Lipinski definition) is 2. The van der Waals surface area contributed by atoms with E-state index in [1.54, 1.807) is 0 Å². The maximum Gasteiger partial charge on any atom is 0.372 e. The molecule has 0 aliphatic rings. The minimum absolute atomic E-state index is 0.734. The van der Waals surface area contributed by atoms with Crippen molar-refractivity contribution in [3.8, 4) is 0 Å². The molecule has 0 bridgehead atoms. The molecule has 0 radical (unpaired) electrons. The molecule has 0 spiro atoms. The van der Waals surface area contributed by atoms with E-state index in [1.807, 2.05) is 0 Å². The highest BCUT2D eigenvalue weighted by Gasteiger charge is 2.28. The van der Waals surface area contributed by atoms with Crippen molar-refractivity contribution >= 4 is 23.5 Å². The van der Waals surface area contributed by atoms with Gasteiger partial charge in [-0.2, -0.15) is 0 Å². The van der Waals surface area contributed by atoms with Crippen LogP contribution in [0.25, 0.3) is 0 Å². The standard InChI is InChI=1S/C7H8O6/c1-3(8)4(6(10)11)2-5(9)7(12)13/h4H,2H2,1H3,(H,10,11)(H,12,13). The first-order chi connectivity index (χ1) is 5.86. The molecule has 0 rings (SSSR count). The van der Waals surface area contributed by atoms with Gasteiger partial charge in [-0.05, 0) is 6.92 Å². The summed E-state index contributed by atoms with van der Waals surface area (Å²) in [6, 6.07) is 0. The van der Waals surface area contributed by atoms with Gasteiger partial charge in [0.25, 0.3) is 0 Å². The van der Waals surface area contributed by atoms with Gasteiger partial charge in [-0.25, -0.2) is 4.79 Å². The summed E-state index contributed by atoms with van der Waals surface area (Å²) in [6.07, 6.45) is -0.792. The first-order valence-corrected chi connectivity index (χ1v) is 3.35. The minimum Gasteiger partial charge on any atom is -0.481 e. The lowest BCUT2D eigenvalue weighted by atomic mass is 9.99. The zero-order valence-electron chi connectivity index (χ0n) is 6.81. The van der Waals surface area contributed by atoms with Gasteiger partial charge in [-0.15, -0.1) is 0 Å². The first-order valence-electron chi connectivity index (χ1n) is 3.35. The van der Waals surface area contributed by atoms with Crippen molar-refractivity contribution in [3.05, 3.63) is 0 Å². The lowest BCUT2D eigenvalue weighted by Gasteiger charge is -2.04. The normalized spacial score (nSPS) is 11.8. The third-order valence-corrected chi connectivity index (χ3v) is 1.42. The van der Waals surface area contributed by atoms with Crippen LogP contribution in [0.2, 0.25) is 0 Å². The highest BCUT2D eigenvalue weighted by atomic mass is 16.4. The lowest BCUT2D eigenvalue weighted by molar-refractivity contribution is -0.152. The Kier molecular flexibility index (Phi) is 3.77. The fraction of sp³-hybridized carbons (Fsp3) is 0.429. The predicted molar refractivity (Wildman–Crippen MR) is 39.1 cm³/mol. The Bertz CT molecular complexity index is 252. The third kappa shape index (κ3) is 3.46. The van der Waals surface area contributed by atoms with Crippen LogP contribution in [0.1, 0.15) is 13.3 Å². The van der Waals surface area contributed by atoms with E-state index >= 15 is 0 Å². The molecule has 2 N–H and O–H groups in total. The molecule has 1 unspecified atom stereocenters. The Morgan fingerprint density at radius 2 is 1.62 bits per heavy atom. The number of rotatable bonds is 5. The number of hydrogen-bond acceptors (Lipinski definition) is 4. The molecule has 0 aliphatic heterocycles. The van der Waals surface area contributed by atoms with Crippen LogP contribution in [0.3, 0.4) is 0 Å². The number of Topliss-reactive ketones (excluding diaryl/α,β-unsaturated/α-hetero) is 2. The van der Waals surface area contributed by atoms with Gasteiger partial charge in [0.15, 0.2) is 0 Å². The van der Waals surface area contributed by atoms with E-state index < -0.39 is 35.8 Å². The van der Waals surface area contributed by atoms with Crippen LogP contribution in [-0.2, 0) is 19.2 Å². The molecular formula is C7H8O6. The first kappa shape index (κ1) is 11.3. The zero-order chi connectivity index (χ0) is 10.6. The Morgan fingerprint density at radius 1 is 1.15 bits per heavy atom. The number of aliphatic carboxylic acids is 2. The van der Waals surface area contributed by atoms with E-state index in [-0.39, 0.29) is 0 Å². The molecule has 13 heavy (non-hydrogen) atoms. The van der Waals surface area contributed by atoms with Crippen LogP contribution in [0, 0.1) is 5.92 Å². The quantitative estimate of drug-likeness (QED) is 0.437. The van der Waals surface area contributed by atoms with Crippen LogP contribution < -0.4 is 0 Å². The van der Waals surface area contributed by atoms with E-state index in [4.69, 9.17) is 10.2 Å². The molecule has 0 aromatic heterocycles. The van der Waals surface area contributed by atoms with Crippen LogP contribution in [0.4, 0.5) is 0 Å². The fourth-order valence-corrected chi connectivity index (χ4v) is 0.678. The maximum absolute atomic E-state index is 10.6. The third-order valence-electron chi connectivity index (χ3n) is 1.42. The summed E-state index contributed by atoms with van der Waals surface area (Å²) in [5.74, 6) is -6.78. The molecule has 1 atom stereocenters. The number of carboxylic acid groups (broad SMARTS) is 2. The second kappa shape index (κ2) is 4.34. The zero-order valence-corrected chi connectivity index (χ0v) is 6.81. The van der Waals surface area contributed by atoms with Gasteiger partial charge in [0.2, 0.25) is 5.78 Å². The molecule has 0 aromatic carbocycles. The summed E-state index contributed by atoms with van der Waals surface area (Å²) in [5.41, 5.74) is 0. The number of ketones is 2. The van der Waals surface area contributed by atoms with E-state index in [1.165, 1.54) is 0 Å². The second-order valence-corrected chi connectivity index (χ2v) is 2.43. The molecule has 0 fully saturated rings. The Balaban J connectivity index is 4.45. The van der Waals surface area contributed by atoms with Gasteiger partial charge >= 0.3 is 11.9 Å². The van der Waals surface area contributed by atoms with Crippen LogP contribution in [-0.4, -0.2) is 33.7 Å². The van der Waals surface area contributed by atoms with Crippen molar-refractivity contribution in [1.82, 2.24) is 0 Å². The van der Waals surface area contributed by atoms with Gasteiger partial charge in [-0.3, -0.25) is 14.4 Å². The van der Waals surface area contributed by atoms with Crippen molar-refractivity contribution in [2.75, 3.05) is 0 Å². The highest BCUT2D eigenvalue weighted by molar-refractivity contribution is 6.33. The molecule has 0 aromatic rings. The van der Waals surface area contributed by atoms with Crippen molar-refractivity contribution in [2.24, 2.45) is 5.92 Å². The fourth-order valence-electron chi connectivity index (χ4n) is 0.678. The van der Waals surface area contributed by atoms with Gasteiger partial charge in [0, 0.05) is 6.42 Å². The van der Waals surface area contributed by atoms with E-state index in [0.717, 1.165) is 6.92 Å². The minimum atomic E-state index is -1.73. The molecule has 6 nitrogen and oxygen atoms in total. The van der Waals surface area contributed by atoms with Crippen LogP contribution >= 0.6 is 0 Å². The monoisotopic (exact) mass is 188 g/mol. The Labute approximate surface area is 73.2 Å². The van der Waals surface area contributed by atoms with Crippen molar-refractivity contribution < 1.29 is 29.4 Å². The lowest BCUT2D eigenvalue weighted by Crippen LogP contribution is -2.27. The molecule has 0 heterocycles.